The summed E-state index contributed by atoms with van der Waals surface area (Å²) in [5, 5.41) is 6.58. The van der Waals surface area contributed by atoms with Crippen molar-refractivity contribution >= 4 is 28.6 Å². The van der Waals surface area contributed by atoms with Gasteiger partial charge in [-0.15, -0.1) is 0 Å². The van der Waals surface area contributed by atoms with E-state index in [0.29, 0.717) is 5.69 Å². The number of aryl methyl sites for hydroxylation is 1. The summed E-state index contributed by atoms with van der Waals surface area (Å²) >= 11 is 0. The SMILES string of the molecule is C[C@H](NC(=O)OCc1ccccc1)C(=O)Nc1cccc(-c2ccc3c(ccn3C)c2)c1. The van der Waals surface area contributed by atoms with Crippen LogP contribution in [0.15, 0.2) is 85.1 Å². The van der Waals surface area contributed by atoms with Crippen LogP contribution in [0.4, 0.5) is 10.5 Å². The van der Waals surface area contributed by atoms with E-state index in [1.54, 1.807) is 6.92 Å². The molecule has 32 heavy (non-hydrogen) atoms. The van der Waals surface area contributed by atoms with Gasteiger partial charge in [-0.1, -0.05) is 48.5 Å². The predicted octanol–water partition coefficient (Wildman–Crippen LogP) is 5.10. The second-order valence-electron chi connectivity index (χ2n) is 7.70. The zero-order valence-corrected chi connectivity index (χ0v) is 18.0. The Kier molecular flexibility index (Phi) is 6.22. The monoisotopic (exact) mass is 427 g/mol. The molecule has 1 aromatic heterocycles. The van der Waals surface area contributed by atoms with Crippen molar-refractivity contribution in [2.75, 3.05) is 5.32 Å². The van der Waals surface area contributed by atoms with E-state index in [-0.39, 0.29) is 12.5 Å². The quantitative estimate of drug-likeness (QED) is 0.450. The number of carbonyl (C=O) groups excluding carboxylic acids is 2. The third-order valence-electron chi connectivity index (χ3n) is 5.29. The fourth-order valence-corrected chi connectivity index (χ4v) is 3.50. The average Bonchev–Trinajstić information content (AvgIpc) is 3.18. The zero-order chi connectivity index (χ0) is 22.5. The summed E-state index contributed by atoms with van der Waals surface area (Å²) in [6.45, 7) is 1.76. The van der Waals surface area contributed by atoms with Gasteiger partial charge >= 0.3 is 6.09 Å². The molecule has 1 atom stereocenters. The fourth-order valence-electron chi connectivity index (χ4n) is 3.50. The van der Waals surface area contributed by atoms with Crippen molar-refractivity contribution in [1.82, 2.24) is 9.88 Å². The van der Waals surface area contributed by atoms with Gasteiger partial charge in [-0.05, 0) is 53.9 Å². The molecule has 2 N–H and O–H groups in total. The summed E-state index contributed by atoms with van der Waals surface area (Å²) in [6, 6.07) is 24.6. The Hall–Kier alpha value is -4.06. The minimum absolute atomic E-state index is 0.148. The third kappa shape index (κ3) is 4.98. The number of rotatable bonds is 6. The largest absolute Gasteiger partial charge is 0.445 e. The molecule has 162 valence electrons. The fraction of sp³-hybridized carbons (Fsp3) is 0.154. The molecular weight excluding hydrogens is 402 g/mol. The van der Waals surface area contributed by atoms with Crippen LogP contribution in [-0.2, 0) is 23.2 Å². The van der Waals surface area contributed by atoms with Crippen LogP contribution in [0.3, 0.4) is 0 Å². The van der Waals surface area contributed by atoms with Crippen molar-refractivity contribution < 1.29 is 14.3 Å². The smallest absolute Gasteiger partial charge is 0.408 e. The Bertz CT molecular complexity index is 1250. The van der Waals surface area contributed by atoms with Crippen molar-refractivity contribution in [2.24, 2.45) is 7.05 Å². The molecule has 0 radical (unpaired) electrons. The lowest BCUT2D eigenvalue weighted by Crippen LogP contribution is -2.41. The first kappa shape index (κ1) is 21.2. The van der Waals surface area contributed by atoms with E-state index in [1.807, 2.05) is 67.8 Å². The van der Waals surface area contributed by atoms with Gasteiger partial charge in [0, 0.05) is 29.8 Å². The number of amides is 2. The van der Waals surface area contributed by atoms with Crippen LogP contribution < -0.4 is 10.6 Å². The maximum absolute atomic E-state index is 12.6. The number of carbonyl (C=O) groups is 2. The molecule has 2 amide bonds. The van der Waals surface area contributed by atoms with Gasteiger partial charge in [0.15, 0.2) is 0 Å². The molecule has 4 aromatic rings. The molecule has 0 aliphatic rings. The third-order valence-corrected chi connectivity index (χ3v) is 5.29. The Morgan fingerprint density at radius 2 is 1.72 bits per heavy atom. The van der Waals surface area contributed by atoms with Crippen molar-refractivity contribution in [1.29, 1.82) is 0 Å². The molecule has 0 fully saturated rings. The topological polar surface area (TPSA) is 72.4 Å². The molecule has 0 bridgehead atoms. The lowest BCUT2D eigenvalue weighted by Gasteiger charge is -2.15. The van der Waals surface area contributed by atoms with Crippen molar-refractivity contribution in [2.45, 2.75) is 19.6 Å². The second-order valence-corrected chi connectivity index (χ2v) is 7.70. The molecule has 6 nitrogen and oxygen atoms in total. The number of aromatic nitrogens is 1. The van der Waals surface area contributed by atoms with Crippen molar-refractivity contribution in [3.8, 4) is 11.1 Å². The summed E-state index contributed by atoms with van der Waals surface area (Å²) in [5.74, 6) is -0.322. The Labute approximate surface area is 186 Å². The average molecular weight is 428 g/mol. The molecule has 0 saturated heterocycles. The van der Waals surface area contributed by atoms with Crippen LogP contribution in [0, 0.1) is 0 Å². The lowest BCUT2D eigenvalue weighted by molar-refractivity contribution is -0.117. The number of fused-ring (bicyclic) bond motifs is 1. The number of hydrogen-bond donors (Lipinski definition) is 2. The van der Waals surface area contributed by atoms with E-state index in [4.69, 9.17) is 4.74 Å². The van der Waals surface area contributed by atoms with Crippen LogP contribution in [0.25, 0.3) is 22.0 Å². The highest BCUT2D eigenvalue weighted by molar-refractivity contribution is 5.97. The molecule has 0 aliphatic carbocycles. The highest BCUT2D eigenvalue weighted by atomic mass is 16.5. The first-order valence-corrected chi connectivity index (χ1v) is 10.4. The van der Waals surface area contributed by atoms with Crippen LogP contribution in [-0.4, -0.2) is 22.6 Å². The minimum Gasteiger partial charge on any atom is -0.445 e. The minimum atomic E-state index is -0.748. The zero-order valence-electron chi connectivity index (χ0n) is 18.0. The van der Waals surface area contributed by atoms with Gasteiger partial charge in [-0.25, -0.2) is 4.79 Å². The maximum Gasteiger partial charge on any atom is 0.408 e. The molecule has 6 heteroatoms. The lowest BCUT2D eigenvalue weighted by atomic mass is 10.0. The van der Waals surface area contributed by atoms with E-state index in [0.717, 1.165) is 27.6 Å². The number of hydrogen-bond acceptors (Lipinski definition) is 3. The van der Waals surface area contributed by atoms with Crippen LogP contribution >= 0.6 is 0 Å². The van der Waals surface area contributed by atoms with Gasteiger partial charge < -0.3 is 19.9 Å². The standard InChI is InChI=1S/C26H25N3O3/c1-18(27-26(31)32-17-19-7-4-3-5-8-19)25(30)28-23-10-6-9-20(16-23)21-11-12-24-22(15-21)13-14-29(24)2/h3-16,18H,17H2,1-2H3,(H,27,31)(H,28,30)/t18-/m0/s1. The Morgan fingerprint density at radius 3 is 2.53 bits per heavy atom. The van der Waals surface area contributed by atoms with Gasteiger partial charge in [-0.2, -0.15) is 0 Å². The molecular formula is C26H25N3O3. The summed E-state index contributed by atoms with van der Waals surface area (Å²) in [5.41, 5.74) is 4.77. The van der Waals surface area contributed by atoms with Crippen molar-refractivity contribution in [3.05, 3.63) is 90.6 Å². The molecule has 0 unspecified atom stereocenters. The number of benzene rings is 3. The number of alkyl carbamates (subject to hydrolysis) is 1. The first-order valence-electron chi connectivity index (χ1n) is 10.4. The molecule has 0 aliphatic heterocycles. The van der Waals surface area contributed by atoms with Gasteiger partial charge in [0.2, 0.25) is 5.91 Å². The summed E-state index contributed by atoms with van der Waals surface area (Å²) < 4.78 is 7.26. The molecule has 4 rings (SSSR count). The summed E-state index contributed by atoms with van der Waals surface area (Å²) in [6.07, 6.45) is 1.39. The van der Waals surface area contributed by atoms with E-state index in [9.17, 15) is 9.59 Å². The summed E-state index contributed by atoms with van der Waals surface area (Å²) in [4.78, 5) is 24.6. The Morgan fingerprint density at radius 1 is 0.938 bits per heavy atom. The summed E-state index contributed by atoms with van der Waals surface area (Å²) in [7, 11) is 2.02. The van der Waals surface area contributed by atoms with Gasteiger partial charge in [0.25, 0.3) is 0 Å². The normalized spacial score (nSPS) is 11.7. The second kappa shape index (κ2) is 9.39. The van der Waals surface area contributed by atoms with E-state index >= 15 is 0 Å². The maximum atomic E-state index is 12.6. The molecule has 0 spiro atoms. The van der Waals surface area contributed by atoms with Crippen LogP contribution in [0.5, 0.6) is 0 Å². The first-order chi connectivity index (χ1) is 15.5. The van der Waals surface area contributed by atoms with E-state index < -0.39 is 12.1 Å². The van der Waals surface area contributed by atoms with E-state index in [1.165, 1.54) is 0 Å². The highest BCUT2D eigenvalue weighted by Gasteiger charge is 2.17. The number of ether oxygens (including phenoxy) is 1. The number of anilines is 1. The van der Waals surface area contributed by atoms with Crippen LogP contribution in [0.2, 0.25) is 0 Å². The molecule has 0 saturated carbocycles. The van der Waals surface area contributed by atoms with Gasteiger partial charge in [-0.3, -0.25) is 4.79 Å². The Balaban J connectivity index is 1.36. The number of nitrogens with zero attached hydrogens (tertiary/aromatic N) is 1. The van der Waals surface area contributed by atoms with E-state index in [2.05, 4.69) is 39.5 Å². The highest BCUT2D eigenvalue weighted by Crippen LogP contribution is 2.26. The molecule has 1 heterocycles. The van der Waals surface area contributed by atoms with Gasteiger partial charge in [0.05, 0.1) is 0 Å². The van der Waals surface area contributed by atoms with Gasteiger partial charge in [0.1, 0.15) is 12.6 Å². The predicted molar refractivity (Wildman–Crippen MR) is 126 cm³/mol. The van der Waals surface area contributed by atoms with Crippen LogP contribution in [0.1, 0.15) is 12.5 Å². The molecule has 3 aromatic carbocycles. The van der Waals surface area contributed by atoms with Crippen molar-refractivity contribution in [3.63, 3.8) is 0 Å². The number of nitrogens with one attached hydrogen (secondary N) is 2.